The molecule has 0 aromatic carbocycles. The molecule has 86 valence electrons. The average molecular weight is 220 g/mol. The van der Waals surface area contributed by atoms with E-state index in [9.17, 15) is 4.79 Å². The molecule has 2 N–H and O–H groups in total. The van der Waals surface area contributed by atoms with Crippen molar-refractivity contribution in [3.05, 3.63) is 23.5 Å². The van der Waals surface area contributed by atoms with Crippen LogP contribution in [0.1, 0.15) is 48.7 Å². The van der Waals surface area contributed by atoms with E-state index in [1.165, 1.54) is 0 Å². The van der Waals surface area contributed by atoms with E-state index in [1.54, 1.807) is 12.3 Å². The van der Waals surface area contributed by atoms with Crippen molar-refractivity contribution in [3.8, 4) is 5.75 Å². The molecule has 0 aliphatic heterocycles. The number of aromatic nitrogens is 1. The van der Waals surface area contributed by atoms with Crippen LogP contribution >= 0.6 is 0 Å². The second kappa shape index (κ2) is 4.12. The van der Waals surface area contributed by atoms with Gasteiger partial charge in [0.1, 0.15) is 11.4 Å². The zero-order valence-corrected chi connectivity index (χ0v) is 9.56. The van der Waals surface area contributed by atoms with Crippen LogP contribution in [-0.2, 0) is 0 Å². The Hall–Kier alpha value is -1.58. The molecule has 1 aliphatic rings. The Morgan fingerprint density at radius 3 is 2.75 bits per heavy atom. The highest BCUT2D eigenvalue weighted by molar-refractivity contribution is 5.93. The summed E-state index contributed by atoms with van der Waals surface area (Å²) in [6.45, 7) is 4.01. The number of carbonyl (C=O) groups is 1. The molecule has 0 radical (unpaired) electrons. The maximum absolute atomic E-state index is 11.3. The van der Waals surface area contributed by atoms with Crippen molar-refractivity contribution in [2.75, 3.05) is 0 Å². The molecule has 2 rings (SSSR count). The fourth-order valence-electron chi connectivity index (χ4n) is 1.68. The van der Waals surface area contributed by atoms with E-state index >= 15 is 0 Å². The Kier molecular flexibility index (Phi) is 2.81. The standard InChI is InChI=1S/C12H16N2O2/c1-7(2)10-9(16-8-3-4-8)5-6-14-11(10)12(13)15/h5-8H,3-4H2,1-2H3,(H2,13,15). The molecule has 4 nitrogen and oxygen atoms in total. The molecule has 4 heteroatoms. The highest BCUT2D eigenvalue weighted by atomic mass is 16.5. The monoisotopic (exact) mass is 220 g/mol. The largest absolute Gasteiger partial charge is 0.490 e. The highest BCUT2D eigenvalue weighted by Gasteiger charge is 2.26. The van der Waals surface area contributed by atoms with Crippen LogP contribution in [0.2, 0.25) is 0 Å². The fourth-order valence-corrected chi connectivity index (χ4v) is 1.68. The lowest BCUT2D eigenvalue weighted by atomic mass is 10.00. The van der Waals surface area contributed by atoms with Gasteiger partial charge in [0, 0.05) is 11.8 Å². The first-order chi connectivity index (χ1) is 7.59. The zero-order chi connectivity index (χ0) is 11.7. The van der Waals surface area contributed by atoms with Crippen molar-refractivity contribution in [1.29, 1.82) is 0 Å². The van der Waals surface area contributed by atoms with Gasteiger partial charge in [0.05, 0.1) is 6.10 Å². The van der Waals surface area contributed by atoms with Gasteiger partial charge in [-0.2, -0.15) is 0 Å². The maximum Gasteiger partial charge on any atom is 0.267 e. The first-order valence-corrected chi connectivity index (χ1v) is 5.55. The van der Waals surface area contributed by atoms with E-state index in [-0.39, 0.29) is 5.92 Å². The summed E-state index contributed by atoms with van der Waals surface area (Å²) >= 11 is 0. The Labute approximate surface area is 94.8 Å². The van der Waals surface area contributed by atoms with Gasteiger partial charge < -0.3 is 10.5 Å². The van der Waals surface area contributed by atoms with E-state index in [2.05, 4.69) is 4.98 Å². The highest BCUT2D eigenvalue weighted by Crippen LogP contribution is 2.33. The molecule has 1 amide bonds. The molecular weight excluding hydrogens is 204 g/mol. The molecule has 16 heavy (non-hydrogen) atoms. The van der Waals surface area contributed by atoms with E-state index in [0.29, 0.717) is 11.8 Å². The fraction of sp³-hybridized carbons (Fsp3) is 0.500. The van der Waals surface area contributed by atoms with Crippen molar-refractivity contribution in [1.82, 2.24) is 4.98 Å². The maximum atomic E-state index is 11.3. The van der Waals surface area contributed by atoms with Crippen LogP contribution in [0, 0.1) is 0 Å². The van der Waals surface area contributed by atoms with Crippen molar-refractivity contribution >= 4 is 5.91 Å². The number of hydrogen-bond donors (Lipinski definition) is 1. The molecule has 1 saturated carbocycles. The molecule has 1 aromatic rings. The molecule has 0 atom stereocenters. The van der Waals surface area contributed by atoms with Gasteiger partial charge in [-0.1, -0.05) is 13.8 Å². The number of hydrogen-bond acceptors (Lipinski definition) is 3. The number of primary amides is 1. The lowest BCUT2D eigenvalue weighted by Crippen LogP contribution is -2.17. The van der Waals surface area contributed by atoms with E-state index in [1.807, 2.05) is 13.8 Å². The van der Waals surface area contributed by atoms with Gasteiger partial charge >= 0.3 is 0 Å². The van der Waals surface area contributed by atoms with Crippen molar-refractivity contribution in [2.24, 2.45) is 5.73 Å². The van der Waals surface area contributed by atoms with Crippen LogP contribution in [0.5, 0.6) is 5.75 Å². The predicted molar refractivity (Wildman–Crippen MR) is 60.5 cm³/mol. The van der Waals surface area contributed by atoms with Crippen LogP contribution in [0.4, 0.5) is 0 Å². The average Bonchev–Trinajstić information content (AvgIpc) is 3.00. The van der Waals surface area contributed by atoms with Gasteiger partial charge in [0.25, 0.3) is 5.91 Å². The summed E-state index contributed by atoms with van der Waals surface area (Å²) < 4.78 is 5.76. The van der Waals surface area contributed by atoms with Crippen molar-refractivity contribution in [2.45, 2.75) is 38.7 Å². The molecule has 1 heterocycles. The zero-order valence-electron chi connectivity index (χ0n) is 9.56. The third-order valence-corrected chi connectivity index (χ3v) is 2.58. The van der Waals surface area contributed by atoms with E-state index in [4.69, 9.17) is 10.5 Å². The van der Waals surface area contributed by atoms with Gasteiger partial charge in [-0.15, -0.1) is 0 Å². The van der Waals surface area contributed by atoms with E-state index in [0.717, 1.165) is 24.2 Å². The quantitative estimate of drug-likeness (QED) is 0.842. The SMILES string of the molecule is CC(C)c1c(OC2CC2)ccnc1C(N)=O. The molecule has 0 spiro atoms. The summed E-state index contributed by atoms with van der Waals surface area (Å²) in [5, 5.41) is 0. The number of carbonyl (C=O) groups excluding carboxylic acids is 1. The number of pyridine rings is 1. The topological polar surface area (TPSA) is 65.2 Å². The molecule has 1 aromatic heterocycles. The van der Waals surface area contributed by atoms with E-state index < -0.39 is 5.91 Å². The summed E-state index contributed by atoms with van der Waals surface area (Å²) in [6, 6.07) is 1.81. The van der Waals surface area contributed by atoms with Crippen LogP contribution in [0.3, 0.4) is 0 Å². The number of nitrogens with zero attached hydrogens (tertiary/aromatic N) is 1. The number of rotatable bonds is 4. The summed E-state index contributed by atoms with van der Waals surface area (Å²) in [6.07, 6.45) is 4.06. The Bertz CT molecular complexity index is 411. The second-order valence-corrected chi connectivity index (χ2v) is 4.41. The van der Waals surface area contributed by atoms with Crippen molar-refractivity contribution in [3.63, 3.8) is 0 Å². The molecule has 0 unspecified atom stereocenters. The minimum atomic E-state index is -0.495. The predicted octanol–water partition coefficient (Wildman–Crippen LogP) is 1.85. The van der Waals surface area contributed by atoms with Gasteiger partial charge in [-0.05, 0) is 24.8 Å². The first kappa shape index (κ1) is 10.9. The summed E-state index contributed by atoms with van der Waals surface area (Å²) in [7, 11) is 0. The molecular formula is C12H16N2O2. The van der Waals surface area contributed by atoms with Crippen LogP contribution in [-0.4, -0.2) is 17.0 Å². The third kappa shape index (κ3) is 2.15. The normalized spacial score (nSPS) is 15.2. The Morgan fingerprint density at radius 2 is 2.25 bits per heavy atom. The second-order valence-electron chi connectivity index (χ2n) is 4.41. The van der Waals surface area contributed by atoms with Crippen LogP contribution in [0.15, 0.2) is 12.3 Å². The minimum absolute atomic E-state index is 0.171. The molecule has 0 saturated heterocycles. The lowest BCUT2D eigenvalue weighted by molar-refractivity contribution is 0.0993. The van der Waals surface area contributed by atoms with Crippen LogP contribution < -0.4 is 10.5 Å². The van der Waals surface area contributed by atoms with Crippen molar-refractivity contribution < 1.29 is 9.53 Å². The Morgan fingerprint density at radius 1 is 1.56 bits per heavy atom. The molecule has 1 aliphatic carbocycles. The number of amides is 1. The summed E-state index contributed by atoms with van der Waals surface area (Å²) in [4.78, 5) is 15.3. The third-order valence-electron chi connectivity index (χ3n) is 2.58. The van der Waals surface area contributed by atoms with Gasteiger partial charge in [0.15, 0.2) is 0 Å². The van der Waals surface area contributed by atoms with Gasteiger partial charge in [0.2, 0.25) is 0 Å². The Balaban J connectivity index is 2.41. The van der Waals surface area contributed by atoms with Gasteiger partial charge in [-0.3, -0.25) is 9.78 Å². The first-order valence-electron chi connectivity index (χ1n) is 5.55. The summed E-state index contributed by atoms with van der Waals surface area (Å²) in [5.41, 5.74) is 6.46. The van der Waals surface area contributed by atoms with Gasteiger partial charge in [-0.25, -0.2) is 0 Å². The lowest BCUT2D eigenvalue weighted by Gasteiger charge is -2.15. The molecule has 0 bridgehead atoms. The number of nitrogens with two attached hydrogens (primary N) is 1. The molecule has 1 fully saturated rings. The number of ether oxygens (including phenoxy) is 1. The minimum Gasteiger partial charge on any atom is -0.490 e. The summed E-state index contributed by atoms with van der Waals surface area (Å²) in [5.74, 6) is 0.427. The van der Waals surface area contributed by atoms with Crippen LogP contribution in [0.25, 0.3) is 0 Å². The smallest absolute Gasteiger partial charge is 0.267 e.